The first-order valence-electron chi connectivity index (χ1n) is 7.34. The second-order valence-corrected chi connectivity index (χ2v) is 6.21. The highest BCUT2D eigenvalue weighted by atomic mass is 35.5. The molecule has 20 heavy (non-hydrogen) atoms. The third-order valence-electron chi connectivity index (χ3n) is 4.49. The van der Waals surface area contributed by atoms with Gasteiger partial charge in [-0.3, -0.25) is 4.90 Å². The van der Waals surface area contributed by atoms with Gasteiger partial charge in [0.2, 0.25) is 0 Å². The van der Waals surface area contributed by atoms with E-state index in [9.17, 15) is 0 Å². The van der Waals surface area contributed by atoms with Gasteiger partial charge in [0.1, 0.15) is 0 Å². The molecule has 0 fully saturated rings. The van der Waals surface area contributed by atoms with Crippen LogP contribution in [0.25, 0.3) is 0 Å². The van der Waals surface area contributed by atoms with E-state index in [0.717, 1.165) is 25.1 Å². The fraction of sp³-hybridized carbons (Fsp3) is 0.625. The number of nitrogens with two attached hydrogens (primary N) is 1. The SMILES string of the molecule is CCN(CC)C(C)(CC)C(N)Cc1c(Cl)cccc1Cl. The third kappa shape index (κ3) is 3.67. The van der Waals surface area contributed by atoms with Crippen LogP contribution in [0, 0.1) is 0 Å². The Labute approximate surface area is 133 Å². The highest BCUT2D eigenvalue weighted by Crippen LogP contribution is 2.30. The van der Waals surface area contributed by atoms with E-state index in [1.807, 2.05) is 18.2 Å². The fourth-order valence-electron chi connectivity index (χ4n) is 2.83. The molecule has 0 amide bonds. The molecule has 0 aliphatic heterocycles. The van der Waals surface area contributed by atoms with E-state index < -0.39 is 0 Å². The van der Waals surface area contributed by atoms with Crippen molar-refractivity contribution in [2.45, 2.75) is 52.1 Å². The van der Waals surface area contributed by atoms with Crippen molar-refractivity contribution >= 4 is 23.2 Å². The molecule has 0 saturated carbocycles. The third-order valence-corrected chi connectivity index (χ3v) is 5.19. The van der Waals surface area contributed by atoms with Crippen molar-refractivity contribution in [3.63, 3.8) is 0 Å². The minimum absolute atomic E-state index is 0.00944. The number of rotatable bonds is 7. The minimum atomic E-state index is -0.0496. The van der Waals surface area contributed by atoms with Gasteiger partial charge < -0.3 is 5.73 Å². The molecule has 0 saturated heterocycles. The lowest BCUT2D eigenvalue weighted by molar-refractivity contribution is 0.0845. The van der Waals surface area contributed by atoms with E-state index in [0.29, 0.717) is 16.5 Å². The first kappa shape index (κ1) is 17.8. The molecule has 0 aliphatic carbocycles. The summed E-state index contributed by atoms with van der Waals surface area (Å²) in [6.07, 6.45) is 1.69. The number of nitrogens with zero attached hydrogens (tertiary/aromatic N) is 1. The van der Waals surface area contributed by atoms with E-state index in [2.05, 4.69) is 32.6 Å². The zero-order valence-electron chi connectivity index (χ0n) is 12.9. The van der Waals surface area contributed by atoms with Crippen molar-refractivity contribution in [3.05, 3.63) is 33.8 Å². The van der Waals surface area contributed by atoms with Gasteiger partial charge in [-0.05, 0) is 50.6 Å². The normalized spacial score (nSPS) is 16.2. The topological polar surface area (TPSA) is 29.3 Å². The predicted octanol–water partition coefficient (Wildman–Crippen LogP) is 4.37. The van der Waals surface area contributed by atoms with E-state index in [1.165, 1.54) is 0 Å². The summed E-state index contributed by atoms with van der Waals surface area (Å²) in [5, 5.41) is 1.40. The van der Waals surface area contributed by atoms with Crippen LogP contribution in [-0.4, -0.2) is 29.6 Å². The van der Waals surface area contributed by atoms with Crippen LogP contribution in [0.3, 0.4) is 0 Å². The van der Waals surface area contributed by atoms with Gasteiger partial charge in [-0.1, -0.05) is 50.0 Å². The molecule has 1 aromatic rings. The minimum Gasteiger partial charge on any atom is -0.326 e. The standard InChI is InChI=1S/C16H26Cl2N2/c1-5-16(4,20(6-2)7-3)15(19)11-12-13(17)9-8-10-14(12)18/h8-10,15H,5-7,11,19H2,1-4H3. The van der Waals surface area contributed by atoms with Gasteiger partial charge in [0.05, 0.1) is 0 Å². The van der Waals surface area contributed by atoms with Gasteiger partial charge in [-0.25, -0.2) is 0 Å². The molecule has 0 spiro atoms. The lowest BCUT2D eigenvalue weighted by Gasteiger charge is -2.44. The Morgan fingerprint density at radius 3 is 2.05 bits per heavy atom. The van der Waals surface area contributed by atoms with Crippen LogP contribution in [0.5, 0.6) is 0 Å². The summed E-state index contributed by atoms with van der Waals surface area (Å²) < 4.78 is 0. The number of likely N-dealkylation sites (N-methyl/N-ethyl adjacent to an activating group) is 1. The first-order valence-corrected chi connectivity index (χ1v) is 8.09. The average molecular weight is 317 g/mol. The Bertz CT molecular complexity index is 412. The first-order chi connectivity index (χ1) is 9.40. The molecule has 1 rings (SSSR count). The van der Waals surface area contributed by atoms with Crippen LogP contribution >= 0.6 is 23.2 Å². The number of hydrogen-bond acceptors (Lipinski definition) is 2. The van der Waals surface area contributed by atoms with E-state index >= 15 is 0 Å². The van der Waals surface area contributed by atoms with Crippen molar-refractivity contribution in [1.82, 2.24) is 4.90 Å². The summed E-state index contributed by atoms with van der Waals surface area (Å²) in [6.45, 7) is 10.7. The summed E-state index contributed by atoms with van der Waals surface area (Å²) in [6, 6.07) is 5.60. The van der Waals surface area contributed by atoms with Crippen molar-refractivity contribution < 1.29 is 0 Å². The molecule has 0 bridgehead atoms. The molecule has 0 aromatic heterocycles. The Hall–Kier alpha value is -0.280. The fourth-order valence-corrected chi connectivity index (χ4v) is 3.39. The maximum absolute atomic E-state index is 6.53. The van der Waals surface area contributed by atoms with Crippen LogP contribution in [0.4, 0.5) is 0 Å². The summed E-state index contributed by atoms with van der Waals surface area (Å²) in [7, 11) is 0. The molecule has 0 radical (unpaired) electrons. The molecule has 0 aliphatic rings. The van der Waals surface area contributed by atoms with Gasteiger partial charge in [0, 0.05) is 21.6 Å². The number of hydrogen-bond donors (Lipinski definition) is 1. The molecule has 2 N–H and O–H groups in total. The van der Waals surface area contributed by atoms with Gasteiger partial charge >= 0.3 is 0 Å². The molecular weight excluding hydrogens is 291 g/mol. The second-order valence-electron chi connectivity index (χ2n) is 5.39. The smallest absolute Gasteiger partial charge is 0.0453 e. The van der Waals surface area contributed by atoms with Crippen molar-refractivity contribution in [2.24, 2.45) is 5.73 Å². The highest BCUT2D eigenvalue weighted by Gasteiger charge is 2.35. The number of halogens is 2. The van der Waals surface area contributed by atoms with Crippen molar-refractivity contribution in [2.75, 3.05) is 13.1 Å². The average Bonchev–Trinajstić information content (AvgIpc) is 2.43. The molecule has 2 nitrogen and oxygen atoms in total. The summed E-state index contributed by atoms with van der Waals surface area (Å²) in [5.41, 5.74) is 7.43. The zero-order valence-corrected chi connectivity index (χ0v) is 14.4. The monoisotopic (exact) mass is 316 g/mol. The lowest BCUT2D eigenvalue weighted by Crippen LogP contribution is -2.58. The highest BCUT2D eigenvalue weighted by molar-refractivity contribution is 6.36. The summed E-state index contributed by atoms with van der Waals surface area (Å²) in [5.74, 6) is 0. The Morgan fingerprint density at radius 2 is 1.65 bits per heavy atom. The largest absolute Gasteiger partial charge is 0.326 e. The summed E-state index contributed by atoms with van der Waals surface area (Å²) >= 11 is 12.5. The molecule has 1 aromatic carbocycles. The molecular formula is C16H26Cl2N2. The molecule has 0 heterocycles. The van der Waals surface area contributed by atoms with Crippen LogP contribution in [0.2, 0.25) is 10.0 Å². The van der Waals surface area contributed by atoms with Gasteiger partial charge in [0.25, 0.3) is 0 Å². The second kappa shape index (κ2) is 7.65. The molecule has 2 unspecified atom stereocenters. The van der Waals surface area contributed by atoms with Crippen LogP contribution < -0.4 is 5.73 Å². The summed E-state index contributed by atoms with van der Waals surface area (Å²) in [4.78, 5) is 2.42. The quantitative estimate of drug-likeness (QED) is 0.809. The van der Waals surface area contributed by atoms with Gasteiger partial charge in [0.15, 0.2) is 0 Å². The van der Waals surface area contributed by atoms with Crippen LogP contribution in [-0.2, 0) is 6.42 Å². The Kier molecular flexibility index (Phi) is 6.80. The lowest BCUT2D eigenvalue weighted by atomic mass is 9.84. The van der Waals surface area contributed by atoms with Crippen LogP contribution in [0.15, 0.2) is 18.2 Å². The van der Waals surface area contributed by atoms with Crippen LogP contribution in [0.1, 0.15) is 39.7 Å². The van der Waals surface area contributed by atoms with E-state index in [1.54, 1.807) is 0 Å². The number of benzene rings is 1. The van der Waals surface area contributed by atoms with Crippen molar-refractivity contribution in [3.8, 4) is 0 Å². The molecule has 2 atom stereocenters. The zero-order chi connectivity index (χ0) is 15.3. The van der Waals surface area contributed by atoms with Gasteiger partial charge in [-0.15, -0.1) is 0 Å². The van der Waals surface area contributed by atoms with Crippen molar-refractivity contribution in [1.29, 1.82) is 0 Å². The maximum Gasteiger partial charge on any atom is 0.0453 e. The predicted molar refractivity (Wildman–Crippen MR) is 89.8 cm³/mol. The maximum atomic E-state index is 6.53. The Balaban J connectivity index is 3.01. The Morgan fingerprint density at radius 1 is 1.15 bits per heavy atom. The van der Waals surface area contributed by atoms with Gasteiger partial charge in [-0.2, -0.15) is 0 Å². The van der Waals surface area contributed by atoms with E-state index in [-0.39, 0.29) is 11.6 Å². The van der Waals surface area contributed by atoms with E-state index in [4.69, 9.17) is 28.9 Å². The molecule has 114 valence electrons. The molecule has 4 heteroatoms.